The van der Waals surface area contributed by atoms with E-state index in [1.165, 1.54) is 0 Å². The smallest absolute Gasteiger partial charge is 0.339 e. The number of amides is 1. The number of ether oxygens (including phenoxy) is 2. The second-order valence-corrected chi connectivity index (χ2v) is 11.4. The van der Waals surface area contributed by atoms with Crippen LogP contribution in [0.2, 0.25) is 5.02 Å². The number of nitrogens with zero attached hydrogens (tertiary/aromatic N) is 1. The summed E-state index contributed by atoms with van der Waals surface area (Å²) in [6, 6.07) is 21.6. The highest BCUT2D eigenvalue weighted by molar-refractivity contribution is 6.30. The van der Waals surface area contributed by atoms with E-state index in [1.807, 2.05) is 24.3 Å². The molecule has 0 saturated carbocycles. The molecular weight excluding hydrogens is 512 g/mol. The molecule has 1 aromatic heterocycles. The monoisotopic (exact) mass is 542 g/mol. The van der Waals surface area contributed by atoms with Crippen molar-refractivity contribution < 1.29 is 19.1 Å². The van der Waals surface area contributed by atoms with Crippen LogP contribution < -0.4 is 10.1 Å². The van der Waals surface area contributed by atoms with Crippen LogP contribution in [-0.2, 0) is 22.4 Å². The Labute approximate surface area is 233 Å². The number of carbonyl (C=O) groups is 2. The van der Waals surface area contributed by atoms with Gasteiger partial charge in [-0.3, -0.25) is 9.78 Å². The summed E-state index contributed by atoms with van der Waals surface area (Å²) in [6.45, 7) is 6.30. The van der Waals surface area contributed by atoms with Crippen LogP contribution in [0.1, 0.15) is 48.8 Å². The van der Waals surface area contributed by atoms with Crippen molar-refractivity contribution in [3.8, 4) is 11.5 Å². The normalized spacial score (nSPS) is 14.9. The van der Waals surface area contributed by atoms with Crippen LogP contribution >= 0.6 is 11.6 Å². The number of halogens is 1. The number of fused-ring (bicyclic) bond motifs is 2. The minimum Gasteiger partial charge on any atom is -0.457 e. The van der Waals surface area contributed by atoms with Gasteiger partial charge in [0.25, 0.3) is 5.91 Å². The summed E-state index contributed by atoms with van der Waals surface area (Å²) < 4.78 is 11.3. The molecule has 39 heavy (non-hydrogen) atoms. The molecule has 200 valence electrons. The number of aromatic nitrogens is 1. The van der Waals surface area contributed by atoms with Crippen LogP contribution in [0, 0.1) is 11.3 Å². The third-order valence-electron chi connectivity index (χ3n) is 7.21. The largest absolute Gasteiger partial charge is 0.457 e. The van der Waals surface area contributed by atoms with E-state index in [4.69, 9.17) is 26.1 Å². The number of hydrogen-bond donors (Lipinski definition) is 1. The first-order valence-corrected chi connectivity index (χ1v) is 13.5. The molecule has 0 spiro atoms. The first kappa shape index (κ1) is 26.7. The fourth-order valence-electron chi connectivity index (χ4n) is 5.01. The average Bonchev–Trinajstić information content (AvgIpc) is 2.92. The maximum Gasteiger partial charge on any atom is 0.339 e. The maximum atomic E-state index is 13.4. The van der Waals surface area contributed by atoms with E-state index in [0.29, 0.717) is 33.7 Å². The molecule has 0 fully saturated rings. The molecule has 3 aromatic carbocycles. The molecule has 7 heteroatoms. The fourth-order valence-corrected chi connectivity index (χ4v) is 5.13. The molecule has 0 aliphatic heterocycles. The highest BCUT2D eigenvalue weighted by Crippen LogP contribution is 2.39. The summed E-state index contributed by atoms with van der Waals surface area (Å²) in [5.41, 5.74) is 3.87. The van der Waals surface area contributed by atoms with Crippen molar-refractivity contribution in [2.45, 2.75) is 40.0 Å². The number of benzene rings is 3. The first-order valence-electron chi connectivity index (χ1n) is 13.1. The number of rotatable bonds is 6. The lowest BCUT2D eigenvalue weighted by molar-refractivity contribution is -0.119. The average molecular weight is 543 g/mol. The highest BCUT2D eigenvalue weighted by Gasteiger charge is 2.33. The van der Waals surface area contributed by atoms with Crippen molar-refractivity contribution in [3.63, 3.8) is 0 Å². The summed E-state index contributed by atoms with van der Waals surface area (Å²) in [5.74, 6) is 0.776. The number of pyridine rings is 1. The minimum absolute atomic E-state index is 0.111. The zero-order valence-corrected chi connectivity index (χ0v) is 23.0. The third-order valence-corrected chi connectivity index (χ3v) is 7.46. The molecule has 4 aromatic rings. The van der Waals surface area contributed by atoms with Crippen LogP contribution in [0.4, 0.5) is 5.69 Å². The van der Waals surface area contributed by atoms with Gasteiger partial charge in [-0.25, -0.2) is 4.79 Å². The van der Waals surface area contributed by atoms with E-state index in [-0.39, 0.29) is 5.41 Å². The molecule has 6 nitrogen and oxygen atoms in total. The Bertz CT molecular complexity index is 1510. The maximum absolute atomic E-state index is 13.4. The topological polar surface area (TPSA) is 77.5 Å². The molecule has 1 heterocycles. The van der Waals surface area contributed by atoms with Crippen LogP contribution in [0.25, 0.3) is 10.9 Å². The van der Waals surface area contributed by atoms with Gasteiger partial charge < -0.3 is 14.8 Å². The predicted octanol–water partition coefficient (Wildman–Crippen LogP) is 7.63. The molecule has 1 aliphatic rings. The van der Waals surface area contributed by atoms with Gasteiger partial charge >= 0.3 is 5.97 Å². The molecule has 0 radical (unpaired) electrons. The fraction of sp³-hybridized carbons (Fsp3) is 0.281. The number of esters is 1. The highest BCUT2D eigenvalue weighted by atomic mass is 35.5. The number of para-hydroxylation sites is 1. The van der Waals surface area contributed by atoms with Crippen molar-refractivity contribution in [2.75, 3.05) is 11.9 Å². The van der Waals surface area contributed by atoms with Crippen LogP contribution in [0.15, 0.2) is 72.8 Å². The molecular formula is C32H31ClN2O4. The van der Waals surface area contributed by atoms with E-state index in [2.05, 4.69) is 26.1 Å². The Kier molecular flexibility index (Phi) is 7.58. The lowest BCUT2D eigenvalue weighted by Crippen LogP contribution is -2.29. The van der Waals surface area contributed by atoms with E-state index >= 15 is 0 Å². The Morgan fingerprint density at radius 1 is 0.974 bits per heavy atom. The van der Waals surface area contributed by atoms with Gasteiger partial charge in [0.15, 0.2) is 6.61 Å². The summed E-state index contributed by atoms with van der Waals surface area (Å²) in [5, 5.41) is 4.16. The van der Waals surface area contributed by atoms with Crippen LogP contribution in [0.5, 0.6) is 11.5 Å². The van der Waals surface area contributed by atoms with Gasteiger partial charge in [-0.2, -0.15) is 0 Å². The SMILES string of the molecule is CC(C)(C)C1CCc2nc3ccccc3c(C(=O)OCC(=O)Nc3ccc(Oc4ccc(Cl)cc4)cc3)c2C1. The Morgan fingerprint density at radius 2 is 1.64 bits per heavy atom. The summed E-state index contributed by atoms with van der Waals surface area (Å²) >= 11 is 5.91. The molecule has 0 bridgehead atoms. The molecule has 1 N–H and O–H groups in total. The van der Waals surface area contributed by atoms with Gasteiger partial charge in [0.1, 0.15) is 11.5 Å². The predicted molar refractivity (Wildman–Crippen MR) is 154 cm³/mol. The van der Waals surface area contributed by atoms with Crippen molar-refractivity contribution >= 4 is 40.1 Å². The second-order valence-electron chi connectivity index (χ2n) is 10.9. The summed E-state index contributed by atoms with van der Waals surface area (Å²) in [7, 11) is 0. The van der Waals surface area contributed by atoms with Crippen LogP contribution in [-0.4, -0.2) is 23.5 Å². The van der Waals surface area contributed by atoms with E-state index < -0.39 is 18.5 Å². The lowest BCUT2D eigenvalue weighted by Gasteiger charge is -2.35. The number of hydrogen-bond acceptors (Lipinski definition) is 5. The van der Waals surface area contributed by atoms with E-state index in [9.17, 15) is 9.59 Å². The lowest BCUT2D eigenvalue weighted by atomic mass is 9.70. The van der Waals surface area contributed by atoms with Crippen molar-refractivity contribution in [3.05, 3.63) is 94.6 Å². The van der Waals surface area contributed by atoms with Crippen molar-refractivity contribution in [1.29, 1.82) is 0 Å². The van der Waals surface area contributed by atoms with E-state index in [0.717, 1.165) is 41.4 Å². The van der Waals surface area contributed by atoms with Crippen molar-refractivity contribution in [1.82, 2.24) is 4.98 Å². The Hall–Kier alpha value is -3.90. The second kappa shape index (κ2) is 11.1. The standard InChI is InChI=1S/C32H31ClN2O4/c1-32(2,3)20-8-17-28-26(18-20)30(25-6-4-5-7-27(25)35-28)31(37)38-19-29(36)34-22-11-15-24(16-12-22)39-23-13-9-21(33)10-14-23/h4-7,9-16,20H,8,17-19H2,1-3H3,(H,34,36). The molecule has 1 unspecified atom stereocenters. The quantitative estimate of drug-likeness (QED) is 0.253. The third kappa shape index (κ3) is 6.23. The summed E-state index contributed by atoms with van der Waals surface area (Å²) in [4.78, 5) is 30.9. The Balaban J connectivity index is 1.27. The molecule has 5 rings (SSSR count). The molecule has 0 saturated heterocycles. The van der Waals surface area contributed by atoms with Crippen LogP contribution in [0.3, 0.4) is 0 Å². The number of carbonyl (C=O) groups excluding carboxylic acids is 2. The van der Waals surface area contributed by atoms with Gasteiger partial charge in [-0.1, -0.05) is 50.6 Å². The van der Waals surface area contributed by atoms with E-state index in [1.54, 1.807) is 48.5 Å². The van der Waals surface area contributed by atoms with Gasteiger partial charge in [-0.05, 0) is 90.8 Å². The molecule has 1 aliphatic carbocycles. The molecule has 1 amide bonds. The minimum atomic E-state index is -0.499. The number of aryl methyl sites for hydroxylation is 1. The zero-order valence-electron chi connectivity index (χ0n) is 22.3. The van der Waals surface area contributed by atoms with Gasteiger partial charge in [0.2, 0.25) is 0 Å². The Morgan fingerprint density at radius 3 is 2.33 bits per heavy atom. The van der Waals surface area contributed by atoms with Gasteiger partial charge in [-0.15, -0.1) is 0 Å². The van der Waals surface area contributed by atoms with Crippen molar-refractivity contribution in [2.24, 2.45) is 11.3 Å². The van der Waals surface area contributed by atoms with Gasteiger partial charge in [0.05, 0.1) is 11.1 Å². The van der Waals surface area contributed by atoms with Gasteiger partial charge in [0, 0.05) is 21.8 Å². The molecule has 1 atom stereocenters. The number of anilines is 1. The number of nitrogens with one attached hydrogen (secondary N) is 1. The zero-order chi connectivity index (χ0) is 27.6. The summed E-state index contributed by atoms with van der Waals surface area (Å²) in [6.07, 6.45) is 2.61. The first-order chi connectivity index (χ1) is 18.7.